The molecule has 2 aliphatic heterocycles. The number of hydrogen-bond donors (Lipinski definition) is 0. The van der Waals surface area contributed by atoms with Crippen molar-refractivity contribution in [3.63, 3.8) is 0 Å². The minimum Gasteiger partial charge on any atom is -0.494 e. The van der Waals surface area contributed by atoms with Crippen LogP contribution in [0.2, 0.25) is 0 Å². The molecule has 5 rings (SSSR count). The predicted molar refractivity (Wildman–Crippen MR) is 136 cm³/mol. The number of piperidine rings is 1. The lowest BCUT2D eigenvalue weighted by Gasteiger charge is -2.36. The molecule has 186 valence electrons. The fourth-order valence-electron chi connectivity index (χ4n) is 5.74. The number of benzene rings is 2. The summed E-state index contributed by atoms with van der Waals surface area (Å²) in [5, 5.41) is 0. The monoisotopic (exact) mass is 477 g/mol. The Bertz CT molecular complexity index is 1040. The molecule has 5 nitrogen and oxygen atoms in total. The van der Waals surface area contributed by atoms with Crippen LogP contribution in [-0.4, -0.2) is 73.5 Å². The summed E-state index contributed by atoms with van der Waals surface area (Å²) in [6.07, 6.45) is 7.59. The Kier molecular flexibility index (Phi) is 7.21. The van der Waals surface area contributed by atoms with E-state index in [2.05, 4.69) is 51.1 Å². The van der Waals surface area contributed by atoms with Crippen LogP contribution in [0, 0.1) is 17.2 Å². The highest BCUT2D eigenvalue weighted by Gasteiger charge is 2.59. The summed E-state index contributed by atoms with van der Waals surface area (Å²) < 4.78 is 18.8. The number of methoxy groups -OCH3 is 1. The lowest BCUT2D eigenvalue weighted by molar-refractivity contribution is -0.135. The van der Waals surface area contributed by atoms with E-state index in [1.54, 1.807) is 6.07 Å². The molecule has 1 atom stereocenters. The lowest BCUT2D eigenvalue weighted by atomic mass is 9.90. The Labute approximate surface area is 208 Å². The molecule has 1 amide bonds. The van der Waals surface area contributed by atoms with Crippen molar-refractivity contribution in [1.82, 2.24) is 14.7 Å². The quantitative estimate of drug-likeness (QED) is 0.596. The van der Waals surface area contributed by atoms with Crippen molar-refractivity contribution in [2.45, 2.75) is 25.8 Å². The van der Waals surface area contributed by atoms with Crippen LogP contribution in [0.1, 0.15) is 30.4 Å². The number of carbonyl (C=O) groups is 1. The van der Waals surface area contributed by atoms with Crippen LogP contribution in [0.3, 0.4) is 0 Å². The van der Waals surface area contributed by atoms with Gasteiger partial charge in [0.1, 0.15) is 0 Å². The van der Waals surface area contributed by atoms with Gasteiger partial charge in [-0.1, -0.05) is 48.6 Å². The first-order valence-electron chi connectivity index (χ1n) is 12.8. The van der Waals surface area contributed by atoms with Gasteiger partial charge in [0, 0.05) is 45.2 Å². The molecule has 1 spiro atoms. The van der Waals surface area contributed by atoms with Crippen molar-refractivity contribution in [2.24, 2.45) is 11.3 Å². The van der Waals surface area contributed by atoms with Crippen LogP contribution in [0.15, 0.2) is 54.6 Å². The van der Waals surface area contributed by atoms with Crippen LogP contribution in [0.25, 0.3) is 6.08 Å². The van der Waals surface area contributed by atoms with E-state index >= 15 is 0 Å². The molecule has 2 aromatic carbocycles. The highest BCUT2D eigenvalue weighted by Crippen LogP contribution is 2.60. The smallest absolute Gasteiger partial charge is 0.226 e. The van der Waals surface area contributed by atoms with Gasteiger partial charge in [-0.3, -0.25) is 14.6 Å². The fraction of sp³-hybridized carbons (Fsp3) is 0.483. The number of hydrogen-bond acceptors (Lipinski definition) is 4. The number of piperazine rings is 1. The van der Waals surface area contributed by atoms with Gasteiger partial charge in [-0.15, -0.1) is 0 Å². The topological polar surface area (TPSA) is 36.0 Å². The summed E-state index contributed by atoms with van der Waals surface area (Å²) >= 11 is 0. The first-order chi connectivity index (χ1) is 17.1. The molecule has 1 unspecified atom stereocenters. The summed E-state index contributed by atoms with van der Waals surface area (Å²) in [6.45, 7) is 7.27. The zero-order chi connectivity index (χ0) is 24.3. The second-order valence-corrected chi connectivity index (χ2v) is 10.3. The van der Waals surface area contributed by atoms with Gasteiger partial charge in [-0.25, -0.2) is 4.39 Å². The summed E-state index contributed by atoms with van der Waals surface area (Å²) in [7, 11) is 1.50. The van der Waals surface area contributed by atoms with Gasteiger partial charge in [0.2, 0.25) is 5.91 Å². The molecule has 0 N–H and O–H groups in total. The van der Waals surface area contributed by atoms with Crippen molar-refractivity contribution in [3.05, 3.63) is 71.6 Å². The second kappa shape index (κ2) is 10.5. The summed E-state index contributed by atoms with van der Waals surface area (Å²) in [5.74, 6) is 0.565. The number of likely N-dealkylation sites (tertiary alicyclic amines) is 1. The number of nitrogens with zero attached hydrogens (tertiary/aromatic N) is 3. The Morgan fingerprint density at radius 2 is 1.77 bits per heavy atom. The van der Waals surface area contributed by atoms with Crippen molar-refractivity contribution in [2.75, 3.05) is 52.9 Å². The summed E-state index contributed by atoms with van der Waals surface area (Å²) in [6, 6.07) is 15.5. The van der Waals surface area contributed by atoms with Gasteiger partial charge in [0.05, 0.1) is 7.11 Å². The third kappa shape index (κ3) is 5.60. The number of ether oxygens (including phenoxy) is 1. The van der Waals surface area contributed by atoms with E-state index in [9.17, 15) is 9.18 Å². The maximum absolute atomic E-state index is 13.7. The van der Waals surface area contributed by atoms with E-state index in [0.29, 0.717) is 11.7 Å². The molecule has 2 saturated heterocycles. The maximum atomic E-state index is 13.7. The summed E-state index contributed by atoms with van der Waals surface area (Å²) in [4.78, 5) is 20.2. The molecule has 35 heavy (non-hydrogen) atoms. The highest BCUT2D eigenvalue weighted by molar-refractivity contribution is 5.83. The molecule has 1 aliphatic carbocycles. The van der Waals surface area contributed by atoms with Crippen LogP contribution in [0.4, 0.5) is 4.39 Å². The van der Waals surface area contributed by atoms with Crippen LogP contribution in [-0.2, 0) is 11.3 Å². The lowest BCUT2D eigenvalue weighted by Crippen LogP contribution is -2.49. The van der Waals surface area contributed by atoms with E-state index in [-0.39, 0.29) is 17.2 Å². The molecule has 2 aromatic rings. The van der Waals surface area contributed by atoms with E-state index in [4.69, 9.17) is 4.74 Å². The number of amides is 1. The van der Waals surface area contributed by atoms with Gasteiger partial charge in [-0.2, -0.15) is 0 Å². The molecule has 0 bridgehead atoms. The van der Waals surface area contributed by atoms with E-state index in [1.807, 2.05) is 12.1 Å². The van der Waals surface area contributed by atoms with Crippen molar-refractivity contribution >= 4 is 12.0 Å². The molecule has 2 heterocycles. The molecular formula is C29H36FN3O2. The number of carbonyl (C=O) groups excluding carboxylic acids is 1. The third-order valence-corrected chi connectivity index (χ3v) is 8.12. The van der Waals surface area contributed by atoms with Gasteiger partial charge in [-0.05, 0) is 61.0 Å². The largest absolute Gasteiger partial charge is 0.494 e. The normalized spacial score (nSPS) is 22.6. The molecular weight excluding hydrogens is 441 g/mol. The fourth-order valence-corrected chi connectivity index (χ4v) is 5.74. The molecule has 0 aromatic heterocycles. The first-order valence-corrected chi connectivity index (χ1v) is 12.8. The molecule has 3 aliphatic rings. The molecule has 3 fully saturated rings. The molecule has 0 radical (unpaired) electrons. The minimum absolute atomic E-state index is 0.208. The van der Waals surface area contributed by atoms with Gasteiger partial charge < -0.3 is 9.64 Å². The standard InChI is InChI=1S/C29H36FN3O2/c1-35-27-20-24(9-10-26(27)30)22-32-14-11-29(12-15-32)21-25(29)28(34)33-18-16-31(17-19-33)13-5-8-23-6-3-2-4-7-23/h2-10,20,25H,11-19,21-22H2,1H3/b8-5+. The first kappa shape index (κ1) is 24.0. The van der Waals surface area contributed by atoms with Crippen molar-refractivity contribution < 1.29 is 13.9 Å². The third-order valence-electron chi connectivity index (χ3n) is 8.12. The van der Waals surface area contributed by atoms with E-state index in [0.717, 1.165) is 77.2 Å². The van der Waals surface area contributed by atoms with E-state index < -0.39 is 0 Å². The zero-order valence-electron chi connectivity index (χ0n) is 20.7. The zero-order valence-corrected chi connectivity index (χ0v) is 20.7. The highest BCUT2D eigenvalue weighted by atomic mass is 19.1. The average Bonchev–Trinajstić information content (AvgIpc) is 3.60. The summed E-state index contributed by atoms with van der Waals surface area (Å²) in [5.41, 5.74) is 2.51. The van der Waals surface area contributed by atoms with Crippen LogP contribution < -0.4 is 4.74 Å². The van der Waals surface area contributed by atoms with Crippen LogP contribution >= 0.6 is 0 Å². The Hall–Kier alpha value is -2.70. The van der Waals surface area contributed by atoms with Crippen LogP contribution in [0.5, 0.6) is 5.75 Å². The molecule has 6 heteroatoms. The SMILES string of the molecule is COc1cc(CN2CCC3(CC2)CC3C(=O)N2CCN(C/C=C/c3ccccc3)CC2)ccc1F. The average molecular weight is 478 g/mol. The Morgan fingerprint density at radius 3 is 2.49 bits per heavy atom. The van der Waals surface area contributed by atoms with Gasteiger partial charge >= 0.3 is 0 Å². The van der Waals surface area contributed by atoms with Gasteiger partial charge in [0.25, 0.3) is 0 Å². The van der Waals surface area contributed by atoms with Gasteiger partial charge in [0.15, 0.2) is 11.6 Å². The van der Waals surface area contributed by atoms with Crippen molar-refractivity contribution in [1.29, 1.82) is 0 Å². The number of halogens is 1. The van der Waals surface area contributed by atoms with Crippen molar-refractivity contribution in [3.8, 4) is 5.75 Å². The molecule has 1 saturated carbocycles. The minimum atomic E-state index is -0.322. The number of rotatable bonds is 7. The second-order valence-electron chi connectivity index (χ2n) is 10.3. The van der Waals surface area contributed by atoms with E-state index in [1.165, 1.54) is 18.7 Å². The Balaban J connectivity index is 1.05. The maximum Gasteiger partial charge on any atom is 0.226 e. The Morgan fingerprint density at radius 1 is 1.03 bits per heavy atom. The predicted octanol–water partition coefficient (Wildman–Crippen LogP) is 4.29.